The van der Waals surface area contributed by atoms with E-state index in [1.165, 1.54) is 25.0 Å². The van der Waals surface area contributed by atoms with Crippen molar-refractivity contribution in [1.29, 1.82) is 0 Å². The van der Waals surface area contributed by atoms with Crippen molar-refractivity contribution in [3.63, 3.8) is 0 Å². The summed E-state index contributed by atoms with van der Waals surface area (Å²) in [6, 6.07) is 9.68. The molecule has 0 bridgehead atoms. The van der Waals surface area contributed by atoms with Crippen LogP contribution in [0.4, 0.5) is 4.39 Å². The summed E-state index contributed by atoms with van der Waals surface area (Å²) in [5, 5.41) is 3.35. The van der Waals surface area contributed by atoms with E-state index in [0.717, 1.165) is 31.2 Å². The quantitative estimate of drug-likeness (QED) is 0.405. The Labute approximate surface area is 170 Å². The van der Waals surface area contributed by atoms with Crippen molar-refractivity contribution in [1.82, 2.24) is 15.2 Å². The Morgan fingerprint density at radius 1 is 1.23 bits per heavy atom. The van der Waals surface area contributed by atoms with Gasteiger partial charge in [-0.3, -0.25) is 0 Å². The Hall–Kier alpha value is -1.90. The van der Waals surface area contributed by atoms with Crippen LogP contribution in [0.5, 0.6) is 11.6 Å². The molecular formula is C19H24FIN4O. The predicted molar refractivity (Wildman–Crippen MR) is 112 cm³/mol. The SMILES string of the molecule is CCNC(=NCc1ccnc(Oc2ccc(F)cc2)c1)N1CCCC1.I. The highest BCUT2D eigenvalue weighted by atomic mass is 127. The number of aliphatic imine (C=N–C) groups is 1. The fourth-order valence-electron chi connectivity index (χ4n) is 2.75. The van der Waals surface area contributed by atoms with E-state index in [1.54, 1.807) is 18.3 Å². The van der Waals surface area contributed by atoms with Crippen LogP contribution >= 0.6 is 24.0 Å². The highest BCUT2D eigenvalue weighted by molar-refractivity contribution is 14.0. The van der Waals surface area contributed by atoms with Gasteiger partial charge in [-0.25, -0.2) is 14.4 Å². The number of nitrogens with zero attached hydrogens (tertiary/aromatic N) is 3. The molecule has 0 saturated carbocycles. The highest BCUT2D eigenvalue weighted by Gasteiger charge is 2.15. The summed E-state index contributed by atoms with van der Waals surface area (Å²) < 4.78 is 18.6. The smallest absolute Gasteiger partial charge is 0.219 e. The molecule has 1 fully saturated rings. The molecule has 2 heterocycles. The number of aromatic nitrogens is 1. The zero-order valence-electron chi connectivity index (χ0n) is 14.8. The first-order chi connectivity index (χ1) is 12.2. The van der Waals surface area contributed by atoms with Crippen LogP contribution in [-0.4, -0.2) is 35.5 Å². The molecular weight excluding hydrogens is 446 g/mol. The molecule has 1 aromatic carbocycles. The average Bonchev–Trinajstić information content (AvgIpc) is 3.15. The zero-order valence-corrected chi connectivity index (χ0v) is 17.2. The lowest BCUT2D eigenvalue weighted by Gasteiger charge is -2.20. The number of nitrogens with one attached hydrogen (secondary N) is 1. The minimum atomic E-state index is -0.290. The molecule has 140 valence electrons. The molecule has 1 saturated heterocycles. The van der Waals surface area contributed by atoms with E-state index in [1.807, 2.05) is 12.1 Å². The van der Waals surface area contributed by atoms with Crippen molar-refractivity contribution in [2.75, 3.05) is 19.6 Å². The third kappa shape index (κ3) is 5.82. The topological polar surface area (TPSA) is 49.8 Å². The molecule has 2 aromatic rings. The molecule has 0 aliphatic carbocycles. The largest absolute Gasteiger partial charge is 0.439 e. The number of ether oxygens (including phenoxy) is 1. The Balaban J connectivity index is 0.00000243. The van der Waals surface area contributed by atoms with Crippen LogP contribution in [0, 0.1) is 5.82 Å². The van der Waals surface area contributed by atoms with E-state index in [0.29, 0.717) is 18.2 Å². The standard InChI is InChI=1S/C19H23FN4O.HI/c1-2-21-19(24-11-3-4-12-24)23-14-15-9-10-22-18(13-15)25-17-7-5-16(20)6-8-17;/h5-10,13H,2-4,11-12,14H2,1H3,(H,21,23);1H. The maximum absolute atomic E-state index is 13.0. The first-order valence-corrected chi connectivity index (χ1v) is 8.66. The third-order valence-corrected chi connectivity index (χ3v) is 3.99. The van der Waals surface area contributed by atoms with Gasteiger partial charge in [-0.1, -0.05) is 0 Å². The third-order valence-electron chi connectivity index (χ3n) is 3.99. The van der Waals surface area contributed by atoms with Gasteiger partial charge in [-0.2, -0.15) is 0 Å². The second-order valence-electron chi connectivity index (χ2n) is 5.92. The first kappa shape index (κ1) is 20.4. The predicted octanol–water partition coefficient (Wildman–Crippen LogP) is 4.19. The van der Waals surface area contributed by atoms with E-state index in [9.17, 15) is 4.39 Å². The molecule has 3 rings (SSSR count). The summed E-state index contributed by atoms with van der Waals surface area (Å²) in [5.74, 6) is 1.70. The van der Waals surface area contributed by atoms with Crippen molar-refractivity contribution in [3.05, 3.63) is 54.0 Å². The van der Waals surface area contributed by atoms with Gasteiger partial charge in [0.05, 0.1) is 6.54 Å². The normalized spacial score (nSPS) is 14.1. The van der Waals surface area contributed by atoms with Crippen molar-refractivity contribution in [2.24, 2.45) is 4.99 Å². The Kier molecular flexibility index (Phi) is 8.08. The van der Waals surface area contributed by atoms with Gasteiger partial charge in [-0.05, 0) is 55.7 Å². The first-order valence-electron chi connectivity index (χ1n) is 8.66. The van der Waals surface area contributed by atoms with Crippen LogP contribution < -0.4 is 10.1 Å². The van der Waals surface area contributed by atoms with E-state index in [-0.39, 0.29) is 29.8 Å². The fourth-order valence-corrected chi connectivity index (χ4v) is 2.75. The number of hydrogen-bond acceptors (Lipinski definition) is 3. The molecule has 0 radical (unpaired) electrons. The number of pyridine rings is 1. The molecule has 0 unspecified atom stereocenters. The van der Waals surface area contributed by atoms with E-state index in [4.69, 9.17) is 9.73 Å². The van der Waals surface area contributed by atoms with Crippen LogP contribution in [0.1, 0.15) is 25.3 Å². The van der Waals surface area contributed by atoms with Gasteiger partial charge in [0.2, 0.25) is 5.88 Å². The number of benzene rings is 1. The van der Waals surface area contributed by atoms with Crippen LogP contribution in [0.15, 0.2) is 47.6 Å². The second kappa shape index (κ2) is 10.3. The van der Waals surface area contributed by atoms with Crippen molar-refractivity contribution < 1.29 is 9.13 Å². The number of halogens is 2. The van der Waals surface area contributed by atoms with E-state index in [2.05, 4.69) is 22.1 Å². The lowest BCUT2D eigenvalue weighted by atomic mass is 10.2. The summed E-state index contributed by atoms with van der Waals surface area (Å²) in [6.45, 7) is 5.60. The average molecular weight is 470 g/mol. The number of guanidine groups is 1. The van der Waals surface area contributed by atoms with Gasteiger partial charge in [0.1, 0.15) is 11.6 Å². The fraction of sp³-hybridized carbons (Fsp3) is 0.368. The van der Waals surface area contributed by atoms with Crippen LogP contribution in [0.25, 0.3) is 0 Å². The van der Waals surface area contributed by atoms with Gasteiger partial charge < -0.3 is 15.0 Å². The molecule has 1 N–H and O–H groups in total. The minimum absolute atomic E-state index is 0. The molecule has 5 nitrogen and oxygen atoms in total. The highest BCUT2D eigenvalue weighted by Crippen LogP contribution is 2.20. The van der Waals surface area contributed by atoms with Gasteiger partial charge in [0.15, 0.2) is 5.96 Å². The van der Waals surface area contributed by atoms with Crippen molar-refractivity contribution >= 4 is 29.9 Å². The van der Waals surface area contributed by atoms with Gasteiger partial charge in [-0.15, -0.1) is 24.0 Å². The number of rotatable bonds is 5. The van der Waals surface area contributed by atoms with Crippen LogP contribution in [-0.2, 0) is 6.54 Å². The molecule has 1 aliphatic heterocycles. The molecule has 0 amide bonds. The lowest BCUT2D eigenvalue weighted by Crippen LogP contribution is -2.39. The lowest BCUT2D eigenvalue weighted by molar-refractivity contribution is 0.460. The molecule has 7 heteroatoms. The van der Waals surface area contributed by atoms with Crippen LogP contribution in [0.3, 0.4) is 0 Å². The monoisotopic (exact) mass is 470 g/mol. The second-order valence-corrected chi connectivity index (χ2v) is 5.92. The van der Waals surface area contributed by atoms with Gasteiger partial charge in [0.25, 0.3) is 0 Å². The zero-order chi connectivity index (χ0) is 17.5. The van der Waals surface area contributed by atoms with E-state index >= 15 is 0 Å². The van der Waals surface area contributed by atoms with E-state index < -0.39 is 0 Å². The Bertz CT molecular complexity index is 718. The molecule has 1 aromatic heterocycles. The summed E-state index contributed by atoms with van der Waals surface area (Å²) in [7, 11) is 0. The maximum Gasteiger partial charge on any atom is 0.219 e. The summed E-state index contributed by atoms with van der Waals surface area (Å²) in [6.07, 6.45) is 4.14. The summed E-state index contributed by atoms with van der Waals surface area (Å²) in [4.78, 5) is 11.2. The Morgan fingerprint density at radius 2 is 1.96 bits per heavy atom. The molecule has 26 heavy (non-hydrogen) atoms. The molecule has 1 aliphatic rings. The summed E-state index contributed by atoms with van der Waals surface area (Å²) in [5.41, 5.74) is 1.02. The van der Waals surface area contributed by atoms with Crippen LogP contribution in [0.2, 0.25) is 0 Å². The molecule has 0 atom stereocenters. The van der Waals surface area contributed by atoms with Gasteiger partial charge >= 0.3 is 0 Å². The Morgan fingerprint density at radius 3 is 2.65 bits per heavy atom. The van der Waals surface area contributed by atoms with Crippen molar-refractivity contribution in [2.45, 2.75) is 26.3 Å². The van der Waals surface area contributed by atoms with Gasteiger partial charge in [0, 0.05) is 31.9 Å². The van der Waals surface area contributed by atoms with Crippen molar-refractivity contribution in [3.8, 4) is 11.6 Å². The number of likely N-dealkylation sites (tertiary alicyclic amines) is 1. The molecule has 0 spiro atoms. The maximum atomic E-state index is 13.0. The minimum Gasteiger partial charge on any atom is -0.439 e. The summed E-state index contributed by atoms with van der Waals surface area (Å²) >= 11 is 0. The number of hydrogen-bond donors (Lipinski definition) is 1.